The molecule has 4 fully saturated rings. The SMILES string of the molecule is CC(C(=O)N1CCC(N2C(=O)O[C@H]3CN(c4cncc(C(=O)N(C)C)n4)C[C@H]32)C1)C1CC1. The zero-order valence-corrected chi connectivity index (χ0v) is 18.8. The van der Waals surface area contributed by atoms with E-state index in [4.69, 9.17) is 4.74 Å². The number of anilines is 1. The quantitative estimate of drug-likeness (QED) is 0.666. The fourth-order valence-electron chi connectivity index (χ4n) is 5.17. The highest BCUT2D eigenvalue weighted by Gasteiger charge is 2.52. The van der Waals surface area contributed by atoms with E-state index >= 15 is 0 Å². The van der Waals surface area contributed by atoms with Crippen LogP contribution in [0, 0.1) is 11.8 Å². The number of likely N-dealkylation sites (tertiary alicyclic amines) is 1. The fourth-order valence-corrected chi connectivity index (χ4v) is 5.17. The summed E-state index contributed by atoms with van der Waals surface area (Å²) in [5.41, 5.74) is 0.285. The van der Waals surface area contributed by atoms with Crippen molar-refractivity contribution < 1.29 is 19.1 Å². The number of rotatable bonds is 5. The molecule has 0 aromatic carbocycles. The third-order valence-corrected chi connectivity index (χ3v) is 7.22. The van der Waals surface area contributed by atoms with Crippen molar-refractivity contribution in [1.29, 1.82) is 0 Å². The van der Waals surface area contributed by atoms with Crippen LogP contribution in [0.25, 0.3) is 0 Å². The Morgan fingerprint density at radius 1 is 1.16 bits per heavy atom. The molecule has 3 saturated heterocycles. The summed E-state index contributed by atoms with van der Waals surface area (Å²) in [6.45, 7) is 4.36. The molecule has 10 heteroatoms. The standard InChI is InChI=1S/C22H30N6O4/c1-13(14-4-5-14)20(29)26-7-6-15(10-26)28-17-11-27(12-18(17)32-22(28)31)19-9-23-8-16(24-19)21(30)25(2)3/h8-9,13-15,17-18H,4-7,10-12H2,1-3H3/t13?,15?,17-,18+/m1/s1. The summed E-state index contributed by atoms with van der Waals surface area (Å²) >= 11 is 0. The van der Waals surface area contributed by atoms with E-state index in [2.05, 4.69) is 9.97 Å². The monoisotopic (exact) mass is 442 g/mol. The van der Waals surface area contributed by atoms with Gasteiger partial charge in [-0.25, -0.2) is 9.78 Å². The van der Waals surface area contributed by atoms with Gasteiger partial charge in [-0.1, -0.05) is 6.92 Å². The summed E-state index contributed by atoms with van der Waals surface area (Å²) in [6, 6.07) is -0.126. The first-order chi connectivity index (χ1) is 15.3. The third kappa shape index (κ3) is 3.65. The van der Waals surface area contributed by atoms with Crippen LogP contribution in [0.2, 0.25) is 0 Å². The Bertz CT molecular complexity index is 935. The second-order valence-corrected chi connectivity index (χ2v) is 9.62. The maximum Gasteiger partial charge on any atom is 0.410 e. The highest BCUT2D eigenvalue weighted by atomic mass is 16.6. The molecule has 0 bridgehead atoms. The van der Waals surface area contributed by atoms with Gasteiger partial charge in [0.25, 0.3) is 5.91 Å². The second kappa shape index (κ2) is 7.90. The van der Waals surface area contributed by atoms with Gasteiger partial charge in [-0.3, -0.25) is 19.5 Å². The van der Waals surface area contributed by atoms with Gasteiger partial charge in [-0.15, -0.1) is 0 Å². The molecule has 1 aromatic heterocycles. The summed E-state index contributed by atoms with van der Waals surface area (Å²) in [6.07, 6.45) is 5.60. The Labute approximate surface area is 187 Å². The van der Waals surface area contributed by atoms with Crippen molar-refractivity contribution in [2.45, 2.75) is 44.4 Å². The Hall–Kier alpha value is -2.91. The molecular formula is C22H30N6O4. The van der Waals surface area contributed by atoms with Crippen LogP contribution >= 0.6 is 0 Å². The predicted octanol–water partition coefficient (Wildman–Crippen LogP) is 0.835. The number of amides is 3. The molecule has 32 heavy (non-hydrogen) atoms. The van der Waals surface area contributed by atoms with Crippen molar-refractivity contribution in [3.63, 3.8) is 0 Å². The number of hydrogen-bond donors (Lipinski definition) is 0. The van der Waals surface area contributed by atoms with Gasteiger partial charge in [0, 0.05) is 39.6 Å². The molecule has 3 aliphatic heterocycles. The van der Waals surface area contributed by atoms with Crippen LogP contribution < -0.4 is 4.90 Å². The number of aromatic nitrogens is 2. The Kier molecular flexibility index (Phi) is 5.17. The van der Waals surface area contributed by atoms with Gasteiger partial charge in [-0.05, 0) is 25.2 Å². The fraction of sp³-hybridized carbons (Fsp3) is 0.682. The Morgan fingerprint density at radius 3 is 2.66 bits per heavy atom. The molecule has 10 nitrogen and oxygen atoms in total. The van der Waals surface area contributed by atoms with Crippen molar-refractivity contribution in [2.24, 2.45) is 11.8 Å². The van der Waals surface area contributed by atoms with Gasteiger partial charge < -0.3 is 19.4 Å². The highest BCUT2D eigenvalue weighted by Crippen LogP contribution is 2.38. The van der Waals surface area contributed by atoms with Gasteiger partial charge in [0.1, 0.15) is 17.6 Å². The topological polar surface area (TPSA) is 99.2 Å². The van der Waals surface area contributed by atoms with Gasteiger partial charge in [0.15, 0.2) is 0 Å². The minimum Gasteiger partial charge on any atom is -0.442 e. The molecule has 2 unspecified atom stereocenters. The van der Waals surface area contributed by atoms with E-state index < -0.39 is 0 Å². The predicted molar refractivity (Wildman–Crippen MR) is 115 cm³/mol. The first-order valence-corrected chi connectivity index (χ1v) is 11.4. The van der Waals surface area contributed by atoms with Crippen molar-refractivity contribution in [3.05, 3.63) is 18.1 Å². The normalized spacial score (nSPS) is 28.0. The van der Waals surface area contributed by atoms with E-state index in [0.717, 1.165) is 19.3 Å². The van der Waals surface area contributed by atoms with Gasteiger partial charge >= 0.3 is 6.09 Å². The molecule has 1 aliphatic carbocycles. The van der Waals surface area contributed by atoms with Crippen molar-refractivity contribution in [1.82, 2.24) is 24.7 Å². The number of carbonyl (C=O) groups excluding carboxylic acids is 3. The first-order valence-electron chi connectivity index (χ1n) is 11.4. The third-order valence-electron chi connectivity index (χ3n) is 7.22. The van der Waals surface area contributed by atoms with E-state index in [1.165, 1.54) is 11.1 Å². The molecule has 4 heterocycles. The van der Waals surface area contributed by atoms with Crippen molar-refractivity contribution >= 4 is 23.7 Å². The maximum atomic E-state index is 12.8. The van der Waals surface area contributed by atoms with E-state index in [1.54, 1.807) is 20.3 Å². The van der Waals surface area contributed by atoms with Crippen LogP contribution in [0.1, 0.15) is 36.7 Å². The van der Waals surface area contributed by atoms with Crippen LogP contribution in [0.15, 0.2) is 12.4 Å². The van der Waals surface area contributed by atoms with Crippen LogP contribution in [0.4, 0.5) is 10.6 Å². The summed E-state index contributed by atoms with van der Waals surface area (Å²) in [7, 11) is 3.35. The minimum atomic E-state index is -0.295. The summed E-state index contributed by atoms with van der Waals surface area (Å²) in [5.74, 6) is 1.21. The highest BCUT2D eigenvalue weighted by molar-refractivity contribution is 5.92. The zero-order valence-electron chi connectivity index (χ0n) is 18.8. The van der Waals surface area contributed by atoms with E-state index in [0.29, 0.717) is 37.9 Å². The average Bonchev–Trinajstić information content (AvgIpc) is 3.26. The molecule has 5 rings (SSSR count). The minimum absolute atomic E-state index is 0.0273. The molecule has 3 amide bonds. The van der Waals surface area contributed by atoms with Crippen LogP contribution in [0.3, 0.4) is 0 Å². The zero-order chi connectivity index (χ0) is 22.6. The van der Waals surface area contributed by atoms with Gasteiger partial charge in [-0.2, -0.15) is 0 Å². The lowest BCUT2D eigenvalue weighted by molar-refractivity contribution is -0.134. The lowest BCUT2D eigenvalue weighted by Gasteiger charge is -2.28. The molecule has 0 spiro atoms. The molecular weight excluding hydrogens is 412 g/mol. The number of carbonyl (C=O) groups is 3. The van der Waals surface area contributed by atoms with Crippen LogP contribution in [0.5, 0.6) is 0 Å². The molecule has 172 valence electrons. The molecule has 4 atom stereocenters. The molecule has 0 radical (unpaired) electrons. The lowest BCUT2D eigenvalue weighted by atomic mass is 10.1. The van der Waals surface area contributed by atoms with Gasteiger partial charge in [0.05, 0.1) is 31.0 Å². The van der Waals surface area contributed by atoms with E-state index in [1.807, 2.05) is 21.6 Å². The smallest absolute Gasteiger partial charge is 0.410 e. The van der Waals surface area contributed by atoms with Crippen molar-refractivity contribution in [2.75, 3.05) is 45.2 Å². The van der Waals surface area contributed by atoms with Gasteiger partial charge in [0.2, 0.25) is 5.91 Å². The van der Waals surface area contributed by atoms with Crippen molar-refractivity contribution in [3.8, 4) is 0 Å². The molecule has 0 N–H and O–H groups in total. The Morgan fingerprint density at radius 2 is 1.94 bits per heavy atom. The molecule has 4 aliphatic rings. The summed E-state index contributed by atoms with van der Waals surface area (Å²) in [4.78, 5) is 53.6. The molecule has 1 aromatic rings. The number of nitrogens with zero attached hydrogens (tertiary/aromatic N) is 6. The second-order valence-electron chi connectivity index (χ2n) is 9.62. The number of ether oxygens (including phenoxy) is 1. The summed E-state index contributed by atoms with van der Waals surface area (Å²) in [5, 5.41) is 0. The number of fused-ring (bicyclic) bond motifs is 1. The maximum absolute atomic E-state index is 12.8. The largest absolute Gasteiger partial charge is 0.442 e. The van der Waals surface area contributed by atoms with Crippen LogP contribution in [-0.4, -0.2) is 101 Å². The van der Waals surface area contributed by atoms with E-state index in [-0.39, 0.29) is 47.7 Å². The van der Waals surface area contributed by atoms with Crippen LogP contribution in [-0.2, 0) is 9.53 Å². The lowest BCUT2D eigenvalue weighted by Crippen LogP contribution is -2.47. The number of hydrogen-bond acceptors (Lipinski definition) is 7. The molecule has 1 saturated carbocycles. The summed E-state index contributed by atoms with van der Waals surface area (Å²) < 4.78 is 5.69. The first kappa shape index (κ1) is 21.0. The average molecular weight is 443 g/mol. The van der Waals surface area contributed by atoms with E-state index in [9.17, 15) is 14.4 Å². The Balaban J connectivity index is 1.26.